The Labute approximate surface area is 120 Å². The van der Waals surface area contributed by atoms with Crippen LogP contribution in [0.5, 0.6) is 0 Å². The normalized spacial score (nSPS) is 52.7. The first-order chi connectivity index (χ1) is 9.18. The van der Waals surface area contributed by atoms with Crippen molar-refractivity contribution < 1.29 is 19.4 Å². The summed E-state index contributed by atoms with van der Waals surface area (Å²) in [6, 6.07) is 0. The molecule has 1 N–H and O–H groups in total. The van der Waals surface area contributed by atoms with E-state index in [1.807, 2.05) is 6.92 Å². The lowest BCUT2D eigenvalue weighted by atomic mass is 9.46. The third-order valence-corrected chi connectivity index (χ3v) is 6.30. The van der Waals surface area contributed by atoms with Gasteiger partial charge in [0.15, 0.2) is 0 Å². The summed E-state index contributed by atoms with van der Waals surface area (Å²) in [7, 11) is 1.44. The standard InChI is InChI=1S/C16H26O4/c1-14(2)7-6-8-15(3)10(14)9(17)12-16(4,20-12)11(15)13(18)19-5/h9-12,17H,6-8H2,1-5H3/t9-,10?,11+,12?,15-,16+/m0/s1. The first-order valence-corrected chi connectivity index (χ1v) is 7.62. The van der Waals surface area contributed by atoms with Crippen LogP contribution in [0.25, 0.3) is 0 Å². The molecular formula is C16H26O4. The molecule has 1 heterocycles. The Balaban J connectivity index is 2.09. The van der Waals surface area contributed by atoms with Gasteiger partial charge in [-0.25, -0.2) is 0 Å². The molecule has 0 radical (unpaired) electrons. The number of esters is 1. The van der Waals surface area contributed by atoms with Gasteiger partial charge in [0, 0.05) is 0 Å². The number of carbonyl (C=O) groups excluding carboxylic acids is 1. The van der Waals surface area contributed by atoms with Crippen molar-refractivity contribution in [2.24, 2.45) is 22.7 Å². The van der Waals surface area contributed by atoms with Crippen molar-refractivity contribution >= 4 is 5.97 Å². The lowest BCUT2D eigenvalue weighted by molar-refractivity contribution is -0.175. The van der Waals surface area contributed by atoms with Crippen molar-refractivity contribution in [3.63, 3.8) is 0 Å². The molecule has 0 aromatic carbocycles. The van der Waals surface area contributed by atoms with Crippen molar-refractivity contribution in [3.05, 3.63) is 0 Å². The maximum Gasteiger partial charge on any atom is 0.312 e. The molecule has 20 heavy (non-hydrogen) atoms. The van der Waals surface area contributed by atoms with Crippen molar-refractivity contribution in [3.8, 4) is 0 Å². The van der Waals surface area contributed by atoms with Gasteiger partial charge in [0.2, 0.25) is 0 Å². The molecule has 3 aliphatic rings. The Morgan fingerprint density at radius 3 is 2.50 bits per heavy atom. The third-order valence-electron chi connectivity index (χ3n) is 6.30. The molecule has 2 saturated carbocycles. The van der Waals surface area contributed by atoms with E-state index in [0.717, 1.165) is 19.3 Å². The van der Waals surface area contributed by atoms with E-state index in [9.17, 15) is 9.90 Å². The first kappa shape index (κ1) is 14.3. The average molecular weight is 282 g/mol. The predicted molar refractivity (Wildman–Crippen MR) is 74.0 cm³/mol. The zero-order valence-corrected chi connectivity index (χ0v) is 13.1. The molecule has 2 unspecified atom stereocenters. The maximum atomic E-state index is 12.4. The van der Waals surface area contributed by atoms with E-state index in [1.54, 1.807) is 0 Å². The van der Waals surface area contributed by atoms with Crippen LogP contribution in [0.2, 0.25) is 0 Å². The molecule has 4 heteroatoms. The van der Waals surface area contributed by atoms with E-state index in [-0.39, 0.29) is 34.7 Å². The molecular weight excluding hydrogens is 256 g/mol. The number of aliphatic hydroxyl groups excluding tert-OH is 1. The van der Waals surface area contributed by atoms with E-state index in [1.165, 1.54) is 7.11 Å². The second-order valence-electron chi connectivity index (χ2n) is 7.99. The zero-order valence-electron chi connectivity index (χ0n) is 13.1. The van der Waals surface area contributed by atoms with Crippen molar-refractivity contribution in [1.29, 1.82) is 0 Å². The lowest BCUT2D eigenvalue weighted by Gasteiger charge is -2.57. The summed E-state index contributed by atoms with van der Waals surface area (Å²) >= 11 is 0. The number of methoxy groups -OCH3 is 1. The molecule has 3 rings (SSSR count). The monoisotopic (exact) mass is 282 g/mol. The Bertz CT molecular complexity index is 446. The highest BCUT2D eigenvalue weighted by Crippen LogP contribution is 2.67. The molecule has 6 atom stereocenters. The minimum Gasteiger partial charge on any atom is -0.469 e. The van der Waals surface area contributed by atoms with Crippen molar-refractivity contribution in [2.45, 2.75) is 64.8 Å². The first-order valence-electron chi connectivity index (χ1n) is 7.62. The highest BCUT2D eigenvalue weighted by Gasteiger charge is 2.76. The second kappa shape index (κ2) is 3.98. The summed E-state index contributed by atoms with van der Waals surface area (Å²) in [4.78, 5) is 12.4. The van der Waals surface area contributed by atoms with Gasteiger partial charge < -0.3 is 14.6 Å². The summed E-state index contributed by atoms with van der Waals surface area (Å²) in [5, 5.41) is 10.8. The minimum atomic E-state index is -0.550. The van der Waals surface area contributed by atoms with Crippen LogP contribution in [-0.2, 0) is 14.3 Å². The fourth-order valence-corrected chi connectivity index (χ4v) is 5.64. The van der Waals surface area contributed by atoms with Crippen LogP contribution in [0.1, 0.15) is 47.0 Å². The molecule has 114 valence electrons. The Morgan fingerprint density at radius 2 is 1.90 bits per heavy atom. The highest BCUT2D eigenvalue weighted by molar-refractivity contribution is 5.76. The number of carbonyl (C=O) groups is 1. The van der Waals surface area contributed by atoms with E-state index in [0.29, 0.717) is 0 Å². The van der Waals surface area contributed by atoms with Gasteiger partial charge >= 0.3 is 5.97 Å². The Morgan fingerprint density at radius 1 is 1.25 bits per heavy atom. The van der Waals surface area contributed by atoms with Gasteiger partial charge in [-0.1, -0.05) is 27.2 Å². The largest absolute Gasteiger partial charge is 0.469 e. The number of ether oxygens (including phenoxy) is 2. The van der Waals surface area contributed by atoms with Gasteiger partial charge in [-0.2, -0.15) is 0 Å². The molecule has 0 aromatic heterocycles. The molecule has 0 spiro atoms. The maximum absolute atomic E-state index is 12.4. The smallest absolute Gasteiger partial charge is 0.312 e. The highest BCUT2D eigenvalue weighted by atomic mass is 16.6. The number of epoxide rings is 1. The molecule has 4 nitrogen and oxygen atoms in total. The lowest BCUT2D eigenvalue weighted by Crippen LogP contribution is -2.62. The van der Waals surface area contributed by atoms with E-state index < -0.39 is 11.7 Å². The quantitative estimate of drug-likeness (QED) is 0.591. The van der Waals surface area contributed by atoms with Crippen LogP contribution in [0.15, 0.2) is 0 Å². The summed E-state index contributed by atoms with van der Waals surface area (Å²) in [6.07, 6.45) is 2.41. The average Bonchev–Trinajstić information content (AvgIpc) is 3.00. The summed E-state index contributed by atoms with van der Waals surface area (Å²) < 4.78 is 10.9. The Kier molecular flexibility index (Phi) is 2.85. The van der Waals surface area contributed by atoms with Gasteiger partial charge in [-0.05, 0) is 36.5 Å². The van der Waals surface area contributed by atoms with Crippen LogP contribution in [0.4, 0.5) is 0 Å². The van der Waals surface area contributed by atoms with Crippen LogP contribution >= 0.6 is 0 Å². The third kappa shape index (κ3) is 1.58. The molecule has 0 amide bonds. The Hall–Kier alpha value is -0.610. The molecule has 0 bridgehead atoms. The topological polar surface area (TPSA) is 59.1 Å². The molecule has 0 aromatic rings. The summed E-state index contributed by atoms with van der Waals surface area (Å²) in [5.74, 6) is -0.390. The molecule has 3 fully saturated rings. The fourth-order valence-electron chi connectivity index (χ4n) is 5.64. The van der Waals surface area contributed by atoms with Crippen molar-refractivity contribution in [2.75, 3.05) is 7.11 Å². The number of rotatable bonds is 1. The van der Waals surface area contributed by atoms with Crippen LogP contribution < -0.4 is 0 Å². The van der Waals surface area contributed by atoms with E-state index in [4.69, 9.17) is 9.47 Å². The number of aliphatic hydroxyl groups is 1. The second-order valence-corrected chi connectivity index (χ2v) is 7.99. The van der Waals surface area contributed by atoms with E-state index >= 15 is 0 Å². The predicted octanol–water partition coefficient (Wildman–Crippen LogP) is 2.14. The van der Waals surface area contributed by atoms with Crippen LogP contribution in [0.3, 0.4) is 0 Å². The van der Waals surface area contributed by atoms with E-state index in [2.05, 4.69) is 20.8 Å². The summed E-state index contributed by atoms with van der Waals surface area (Å²) in [5.41, 5.74) is -0.785. The number of hydrogen-bond donors (Lipinski definition) is 1. The molecule has 2 aliphatic carbocycles. The fraction of sp³-hybridized carbons (Fsp3) is 0.938. The van der Waals surface area contributed by atoms with Gasteiger partial charge in [-0.3, -0.25) is 4.79 Å². The van der Waals surface area contributed by atoms with Crippen LogP contribution in [0, 0.1) is 22.7 Å². The van der Waals surface area contributed by atoms with Gasteiger partial charge in [0.25, 0.3) is 0 Å². The van der Waals surface area contributed by atoms with Gasteiger partial charge in [0.1, 0.15) is 11.7 Å². The summed E-state index contributed by atoms with van der Waals surface area (Å²) in [6.45, 7) is 8.51. The van der Waals surface area contributed by atoms with Crippen LogP contribution in [-0.4, -0.2) is 36.0 Å². The SMILES string of the molecule is COC(=O)[C@@H]1[C@@]2(C)CCCC(C)(C)C2[C@H](O)C2O[C@@]21C. The number of hydrogen-bond acceptors (Lipinski definition) is 4. The van der Waals surface area contributed by atoms with Gasteiger partial charge in [0.05, 0.1) is 19.1 Å². The number of fused-ring (bicyclic) bond motifs is 2. The van der Waals surface area contributed by atoms with Crippen molar-refractivity contribution in [1.82, 2.24) is 0 Å². The molecule has 1 saturated heterocycles. The molecule has 1 aliphatic heterocycles. The van der Waals surface area contributed by atoms with Gasteiger partial charge in [-0.15, -0.1) is 0 Å². The zero-order chi connectivity index (χ0) is 14.9. The minimum absolute atomic E-state index is 0.0198.